The number of hydrogen-bond donors (Lipinski definition) is 3. The molecule has 0 aliphatic rings. The van der Waals surface area contributed by atoms with Crippen LogP contribution < -0.4 is 15.4 Å². The fourth-order valence-electron chi connectivity index (χ4n) is 5.06. The second-order valence-electron chi connectivity index (χ2n) is 10.6. The fraction of sp³-hybridized carbons (Fsp3) is 0.412. The Morgan fingerprint density at radius 3 is 2.42 bits per heavy atom. The molecular formula is C34H43N3O8. The van der Waals surface area contributed by atoms with E-state index in [1.54, 1.807) is 24.3 Å². The first-order chi connectivity index (χ1) is 21.8. The summed E-state index contributed by atoms with van der Waals surface area (Å²) in [5, 5.41) is 15.9. The molecule has 0 bridgehead atoms. The number of rotatable bonds is 20. The number of carboxylic acid groups (broad SMARTS) is 1. The summed E-state index contributed by atoms with van der Waals surface area (Å²) < 4.78 is 11.3. The minimum Gasteiger partial charge on any atom is -0.494 e. The SMILES string of the molecule is CCCCC[C@@H](C(=O)NCNC(=O)c1ccc(-c2cc(CC(=O)O)cc(OCC)c2)o1)[C@@H](CC)N(C=O)OCc1ccccc1. The Bertz CT molecular complexity index is 1390. The molecule has 1 aromatic heterocycles. The van der Waals surface area contributed by atoms with Crippen LogP contribution in [0.25, 0.3) is 11.3 Å². The lowest BCUT2D eigenvalue weighted by molar-refractivity contribution is -0.200. The summed E-state index contributed by atoms with van der Waals surface area (Å²) in [4.78, 5) is 55.4. The number of carbonyl (C=O) groups excluding carboxylic acids is 3. The lowest BCUT2D eigenvalue weighted by Gasteiger charge is -2.32. The lowest BCUT2D eigenvalue weighted by Crippen LogP contribution is -2.48. The van der Waals surface area contributed by atoms with Crippen molar-refractivity contribution < 1.29 is 38.3 Å². The van der Waals surface area contributed by atoms with Gasteiger partial charge < -0.3 is 24.9 Å². The van der Waals surface area contributed by atoms with Crippen LogP contribution in [0.5, 0.6) is 5.75 Å². The molecule has 3 aromatic rings. The molecule has 3 amide bonds. The molecule has 2 aromatic carbocycles. The normalized spacial score (nSPS) is 12.2. The summed E-state index contributed by atoms with van der Waals surface area (Å²) in [6.07, 6.45) is 4.19. The van der Waals surface area contributed by atoms with Crippen LogP contribution in [0, 0.1) is 5.92 Å². The van der Waals surface area contributed by atoms with Crippen LogP contribution in [0.3, 0.4) is 0 Å². The maximum absolute atomic E-state index is 13.4. The summed E-state index contributed by atoms with van der Waals surface area (Å²) in [6.45, 7) is 6.25. The van der Waals surface area contributed by atoms with Crippen LogP contribution in [0.4, 0.5) is 0 Å². The molecule has 0 aliphatic heterocycles. The van der Waals surface area contributed by atoms with E-state index in [2.05, 4.69) is 17.6 Å². The molecule has 11 heteroatoms. The highest BCUT2D eigenvalue weighted by Gasteiger charge is 2.32. The third-order valence-corrected chi connectivity index (χ3v) is 7.25. The third kappa shape index (κ3) is 10.8. The highest BCUT2D eigenvalue weighted by molar-refractivity contribution is 5.92. The second kappa shape index (κ2) is 18.2. The molecule has 0 spiro atoms. The molecule has 0 aliphatic carbocycles. The van der Waals surface area contributed by atoms with Gasteiger partial charge in [0, 0.05) is 5.56 Å². The predicted octanol–water partition coefficient (Wildman–Crippen LogP) is 5.34. The first-order valence-electron chi connectivity index (χ1n) is 15.3. The summed E-state index contributed by atoms with van der Waals surface area (Å²) in [6, 6.07) is 17.1. The fourth-order valence-corrected chi connectivity index (χ4v) is 5.06. The quantitative estimate of drug-likeness (QED) is 0.0663. The number of aliphatic carboxylic acids is 1. The molecule has 0 saturated heterocycles. The Labute approximate surface area is 263 Å². The Hall–Kier alpha value is -4.64. The van der Waals surface area contributed by atoms with Crippen LogP contribution in [-0.4, -0.2) is 53.7 Å². The molecule has 11 nitrogen and oxygen atoms in total. The summed E-state index contributed by atoms with van der Waals surface area (Å²) in [5.41, 5.74) is 2.00. The van der Waals surface area contributed by atoms with Gasteiger partial charge in [-0.1, -0.05) is 63.4 Å². The van der Waals surface area contributed by atoms with Gasteiger partial charge in [-0.2, -0.15) is 0 Å². The number of hydrogen-bond acceptors (Lipinski definition) is 7. The minimum atomic E-state index is -0.979. The van der Waals surface area contributed by atoms with Gasteiger partial charge in [0.25, 0.3) is 5.91 Å². The van der Waals surface area contributed by atoms with E-state index in [1.807, 2.05) is 44.2 Å². The van der Waals surface area contributed by atoms with Crippen molar-refractivity contribution in [2.75, 3.05) is 13.3 Å². The van der Waals surface area contributed by atoms with Gasteiger partial charge in [-0.15, -0.1) is 0 Å². The van der Waals surface area contributed by atoms with E-state index in [0.717, 1.165) is 24.8 Å². The zero-order valence-electron chi connectivity index (χ0n) is 26.1. The summed E-state index contributed by atoms with van der Waals surface area (Å²) >= 11 is 0. The number of furan rings is 1. The lowest BCUT2D eigenvalue weighted by atomic mass is 9.90. The van der Waals surface area contributed by atoms with Crippen molar-refractivity contribution in [2.45, 2.75) is 71.9 Å². The van der Waals surface area contributed by atoms with Crippen LogP contribution in [0.2, 0.25) is 0 Å². The standard InChI is InChI=1S/C34H43N3O8/c1-4-7-9-14-28(29(5-2)37(23-38)44-21-24-12-10-8-11-13-24)33(41)35-22-36-34(42)31-16-15-30(45-31)26-17-25(19-32(39)40)18-27(20-26)43-6-3/h8,10-13,15-18,20,23,28-29H,4-7,9,14,19,21-22H2,1-3H3,(H,35,41)(H,36,42)(H,39,40)/t28-,29-/m1/s1. The van der Waals surface area contributed by atoms with Crippen molar-refractivity contribution in [3.05, 3.63) is 77.6 Å². The van der Waals surface area contributed by atoms with Crippen molar-refractivity contribution in [3.63, 3.8) is 0 Å². The molecule has 0 radical (unpaired) electrons. The number of hydroxylamine groups is 2. The molecule has 45 heavy (non-hydrogen) atoms. The highest BCUT2D eigenvalue weighted by Crippen LogP contribution is 2.28. The van der Waals surface area contributed by atoms with Crippen molar-refractivity contribution in [2.24, 2.45) is 5.92 Å². The highest BCUT2D eigenvalue weighted by atomic mass is 16.7. The maximum Gasteiger partial charge on any atom is 0.307 e. The predicted molar refractivity (Wildman–Crippen MR) is 168 cm³/mol. The first-order valence-corrected chi connectivity index (χ1v) is 15.3. The van der Waals surface area contributed by atoms with Gasteiger partial charge in [-0.3, -0.25) is 24.0 Å². The average Bonchev–Trinajstić information content (AvgIpc) is 3.53. The van der Waals surface area contributed by atoms with E-state index in [1.165, 1.54) is 11.1 Å². The van der Waals surface area contributed by atoms with Gasteiger partial charge in [0.05, 0.1) is 31.7 Å². The molecule has 3 N–H and O–H groups in total. The number of carboxylic acids is 1. The molecule has 3 rings (SSSR count). The second-order valence-corrected chi connectivity index (χ2v) is 10.6. The third-order valence-electron chi connectivity index (χ3n) is 7.25. The largest absolute Gasteiger partial charge is 0.494 e. The van der Waals surface area contributed by atoms with E-state index in [-0.39, 0.29) is 31.4 Å². The van der Waals surface area contributed by atoms with Crippen LogP contribution >= 0.6 is 0 Å². The molecule has 0 fully saturated rings. The Balaban J connectivity index is 1.65. The van der Waals surface area contributed by atoms with Crippen molar-refractivity contribution in [3.8, 4) is 17.1 Å². The first kappa shape index (κ1) is 34.8. The number of ether oxygens (including phenoxy) is 1. The smallest absolute Gasteiger partial charge is 0.307 e. The van der Waals surface area contributed by atoms with E-state index in [9.17, 15) is 24.3 Å². The summed E-state index contributed by atoms with van der Waals surface area (Å²) in [7, 11) is 0. The monoisotopic (exact) mass is 621 g/mol. The zero-order chi connectivity index (χ0) is 32.6. The zero-order valence-corrected chi connectivity index (χ0v) is 26.1. The minimum absolute atomic E-state index is 0.0215. The van der Waals surface area contributed by atoms with Crippen molar-refractivity contribution >= 4 is 24.2 Å². The van der Waals surface area contributed by atoms with E-state index in [4.69, 9.17) is 14.0 Å². The van der Waals surface area contributed by atoms with E-state index < -0.39 is 23.8 Å². The number of amides is 3. The summed E-state index contributed by atoms with van der Waals surface area (Å²) in [5.74, 6) is -1.48. The van der Waals surface area contributed by atoms with Gasteiger partial charge in [0.1, 0.15) is 18.1 Å². The Morgan fingerprint density at radius 1 is 0.978 bits per heavy atom. The van der Waals surface area contributed by atoms with E-state index >= 15 is 0 Å². The maximum atomic E-state index is 13.4. The molecular weight excluding hydrogens is 578 g/mol. The molecule has 2 atom stereocenters. The van der Waals surface area contributed by atoms with E-state index in [0.29, 0.717) is 48.5 Å². The van der Waals surface area contributed by atoms with Crippen molar-refractivity contribution in [1.29, 1.82) is 0 Å². The average molecular weight is 622 g/mol. The van der Waals surface area contributed by atoms with Crippen LogP contribution in [0.15, 0.2) is 65.1 Å². The Kier molecular flexibility index (Phi) is 14.1. The number of benzene rings is 2. The Morgan fingerprint density at radius 2 is 1.76 bits per heavy atom. The van der Waals surface area contributed by atoms with Gasteiger partial charge in [0.15, 0.2) is 5.76 Å². The number of carbonyl (C=O) groups is 4. The molecule has 0 saturated carbocycles. The number of unbranched alkanes of at least 4 members (excludes halogenated alkanes) is 2. The van der Waals surface area contributed by atoms with Crippen molar-refractivity contribution in [1.82, 2.24) is 15.7 Å². The van der Waals surface area contributed by atoms with Crippen LogP contribution in [-0.2, 0) is 32.2 Å². The van der Waals surface area contributed by atoms with Gasteiger partial charge in [-0.05, 0) is 61.2 Å². The molecule has 0 unspecified atom stereocenters. The van der Waals surface area contributed by atoms with Gasteiger partial charge in [-0.25, -0.2) is 5.06 Å². The number of nitrogens with one attached hydrogen (secondary N) is 2. The van der Waals surface area contributed by atoms with Gasteiger partial charge >= 0.3 is 5.97 Å². The van der Waals surface area contributed by atoms with Gasteiger partial charge in [0.2, 0.25) is 12.3 Å². The van der Waals surface area contributed by atoms with Crippen LogP contribution in [0.1, 0.15) is 74.6 Å². The topological polar surface area (TPSA) is 147 Å². The number of nitrogens with zero attached hydrogens (tertiary/aromatic N) is 1. The molecule has 242 valence electrons. The molecule has 1 heterocycles.